The molecule has 0 aromatic carbocycles. The van der Waals surface area contributed by atoms with Gasteiger partial charge in [0.15, 0.2) is 8.32 Å². The molecule has 0 saturated heterocycles. The fourth-order valence-corrected chi connectivity index (χ4v) is 1.62. The molecular formula is C10H20O3Si. The molecule has 3 nitrogen and oxygen atoms in total. The quantitative estimate of drug-likeness (QED) is 0.422. The van der Waals surface area contributed by atoms with Crippen LogP contribution in [0.3, 0.4) is 0 Å². The van der Waals surface area contributed by atoms with Gasteiger partial charge in [-0.15, -0.1) is 0 Å². The van der Waals surface area contributed by atoms with Gasteiger partial charge < -0.3 is 9.53 Å². The Bertz CT molecular complexity index is 216. The predicted octanol–water partition coefficient (Wildman–Crippen LogP) is 2.65. The first kappa shape index (κ1) is 13.4. The molecule has 0 fully saturated rings. The predicted molar refractivity (Wildman–Crippen MR) is 59.9 cm³/mol. The van der Waals surface area contributed by atoms with Gasteiger partial charge in [-0.05, 0) is 39.4 Å². The van der Waals surface area contributed by atoms with Crippen molar-refractivity contribution in [1.82, 2.24) is 0 Å². The lowest BCUT2D eigenvalue weighted by Crippen LogP contribution is -2.25. The largest absolute Gasteiger partial charge is 0.478 e. The van der Waals surface area contributed by atoms with E-state index >= 15 is 0 Å². The second kappa shape index (κ2) is 5.98. The molecule has 0 amide bonds. The van der Waals surface area contributed by atoms with E-state index in [1.54, 1.807) is 13.0 Å². The molecule has 0 aromatic heterocycles. The van der Waals surface area contributed by atoms with E-state index in [2.05, 4.69) is 19.6 Å². The van der Waals surface area contributed by atoms with Gasteiger partial charge in [0, 0.05) is 12.2 Å². The van der Waals surface area contributed by atoms with E-state index in [4.69, 9.17) is 9.53 Å². The van der Waals surface area contributed by atoms with Crippen molar-refractivity contribution in [3.8, 4) is 0 Å². The summed E-state index contributed by atoms with van der Waals surface area (Å²) < 4.78 is 5.63. The van der Waals surface area contributed by atoms with Gasteiger partial charge in [-0.2, -0.15) is 0 Å². The molecule has 4 heteroatoms. The molecule has 0 saturated carbocycles. The Morgan fingerprint density at radius 3 is 2.43 bits per heavy atom. The van der Waals surface area contributed by atoms with Crippen LogP contribution in [-0.2, 0) is 9.22 Å². The lowest BCUT2D eigenvalue weighted by molar-refractivity contribution is -0.132. The molecule has 0 spiro atoms. The molecule has 1 N–H and O–H groups in total. The summed E-state index contributed by atoms with van der Waals surface area (Å²) in [5.74, 6) is -0.837. The number of hydrogen-bond acceptors (Lipinski definition) is 2. The van der Waals surface area contributed by atoms with Crippen molar-refractivity contribution in [2.24, 2.45) is 0 Å². The third-order valence-electron chi connectivity index (χ3n) is 1.67. The van der Waals surface area contributed by atoms with Crippen molar-refractivity contribution in [2.75, 3.05) is 6.61 Å². The van der Waals surface area contributed by atoms with Crippen LogP contribution in [0.5, 0.6) is 0 Å². The van der Waals surface area contributed by atoms with Crippen LogP contribution < -0.4 is 0 Å². The van der Waals surface area contributed by atoms with E-state index in [9.17, 15) is 4.79 Å². The van der Waals surface area contributed by atoms with Crippen LogP contribution in [0.25, 0.3) is 0 Å². The Balaban J connectivity index is 3.57. The number of carbonyl (C=O) groups is 1. The van der Waals surface area contributed by atoms with Crippen molar-refractivity contribution < 1.29 is 14.3 Å². The maximum Gasteiger partial charge on any atom is 0.330 e. The standard InChI is InChI=1S/C10H20O3Si/c1-9(10(11)12)7-5-6-8-13-14(2,3)4/h7H,5-6,8H2,1-4H3,(H,11,12). The third kappa shape index (κ3) is 8.01. The fraction of sp³-hybridized carbons (Fsp3) is 0.700. The molecule has 0 rings (SSSR count). The molecule has 14 heavy (non-hydrogen) atoms. The number of carboxylic acids is 1. The van der Waals surface area contributed by atoms with Gasteiger partial charge in [0.25, 0.3) is 0 Å². The SMILES string of the molecule is CC(=CCCCO[Si](C)(C)C)C(=O)O. The average molecular weight is 216 g/mol. The number of unbranched alkanes of at least 4 members (excludes halogenated alkanes) is 1. The van der Waals surface area contributed by atoms with Crippen molar-refractivity contribution in [1.29, 1.82) is 0 Å². The maximum absolute atomic E-state index is 10.4. The Morgan fingerprint density at radius 2 is 2.00 bits per heavy atom. The number of allylic oxidation sites excluding steroid dienone is 1. The molecule has 0 aliphatic heterocycles. The number of rotatable bonds is 6. The summed E-state index contributed by atoms with van der Waals surface area (Å²) in [5.41, 5.74) is 0.415. The zero-order valence-corrected chi connectivity index (χ0v) is 10.5. The van der Waals surface area contributed by atoms with Crippen molar-refractivity contribution in [2.45, 2.75) is 39.4 Å². The second-order valence-electron chi connectivity index (χ2n) is 4.30. The Labute approximate surface area is 86.9 Å². The summed E-state index contributed by atoms with van der Waals surface area (Å²) in [6.07, 6.45) is 3.42. The number of hydrogen-bond donors (Lipinski definition) is 1. The molecule has 0 aromatic rings. The van der Waals surface area contributed by atoms with Crippen LogP contribution >= 0.6 is 0 Å². The maximum atomic E-state index is 10.4. The first-order valence-corrected chi connectivity index (χ1v) is 8.28. The van der Waals surface area contributed by atoms with Crippen LogP contribution in [-0.4, -0.2) is 26.0 Å². The molecule has 0 heterocycles. The number of carboxylic acid groups (broad SMARTS) is 1. The highest BCUT2D eigenvalue weighted by Gasteiger charge is 2.12. The normalized spacial score (nSPS) is 13.0. The molecule has 82 valence electrons. The fourth-order valence-electron chi connectivity index (χ4n) is 0.868. The van der Waals surface area contributed by atoms with Crippen LogP contribution in [0, 0.1) is 0 Å². The van der Waals surface area contributed by atoms with Crippen molar-refractivity contribution in [3.63, 3.8) is 0 Å². The van der Waals surface area contributed by atoms with E-state index < -0.39 is 14.3 Å². The van der Waals surface area contributed by atoms with Gasteiger partial charge in [-0.3, -0.25) is 0 Å². The monoisotopic (exact) mass is 216 g/mol. The average Bonchev–Trinajstić information content (AvgIpc) is 2.01. The summed E-state index contributed by atoms with van der Waals surface area (Å²) in [6.45, 7) is 8.78. The van der Waals surface area contributed by atoms with E-state index in [1.807, 2.05) is 0 Å². The van der Waals surface area contributed by atoms with E-state index in [-0.39, 0.29) is 0 Å². The zero-order chi connectivity index (χ0) is 11.2. The van der Waals surface area contributed by atoms with Crippen LogP contribution in [0.4, 0.5) is 0 Å². The molecule has 0 unspecified atom stereocenters. The first-order valence-electron chi connectivity index (χ1n) is 4.87. The Hall–Kier alpha value is -0.613. The summed E-state index contributed by atoms with van der Waals surface area (Å²) in [5, 5.41) is 8.58. The molecule has 0 radical (unpaired) electrons. The third-order valence-corrected chi connectivity index (χ3v) is 2.74. The number of aliphatic carboxylic acids is 1. The lowest BCUT2D eigenvalue weighted by Gasteiger charge is -2.16. The topological polar surface area (TPSA) is 46.5 Å². The first-order chi connectivity index (χ1) is 6.33. The van der Waals surface area contributed by atoms with Gasteiger partial charge in [-0.1, -0.05) is 6.08 Å². The minimum Gasteiger partial charge on any atom is -0.478 e. The lowest BCUT2D eigenvalue weighted by atomic mass is 10.2. The highest BCUT2D eigenvalue weighted by atomic mass is 28.4. The van der Waals surface area contributed by atoms with Gasteiger partial charge in [-0.25, -0.2) is 4.79 Å². The Morgan fingerprint density at radius 1 is 1.43 bits per heavy atom. The summed E-state index contributed by atoms with van der Waals surface area (Å²) in [6, 6.07) is 0. The smallest absolute Gasteiger partial charge is 0.330 e. The van der Waals surface area contributed by atoms with Gasteiger partial charge in [0.1, 0.15) is 0 Å². The van der Waals surface area contributed by atoms with Crippen LogP contribution in [0.1, 0.15) is 19.8 Å². The van der Waals surface area contributed by atoms with Gasteiger partial charge in [0.05, 0.1) is 0 Å². The van der Waals surface area contributed by atoms with E-state index in [1.165, 1.54) is 0 Å². The van der Waals surface area contributed by atoms with Crippen LogP contribution in [0.2, 0.25) is 19.6 Å². The molecular weight excluding hydrogens is 196 g/mol. The van der Waals surface area contributed by atoms with Gasteiger partial charge in [0.2, 0.25) is 0 Å². The second-order valence-corrected chi connectivity index (χ2v) is 8.81. The Kier molecular flexibility index (Phi) is 5.72. The highest BCUT2D eigenvalue weighted by molar-refractivity contribution is 6.69. The van der Waals surface area contributed by atoms with Crippen molar-refractivity contribution >= 4 is 14.3 Å². The summed E-state index contributed by atoms with van der Waals surface area (Å²) in [4.78, 5) is 10.4. The van der Waals surface area contributed by atoms with Crippen molar-refractivity contribution in [3.05, 3.63) is 11.6 Å². The van der Waals surface area contributed by atoms with Crippen LogP contribution in [0.15, 0.2) is 11.6 Å². The molecule has 0 aliphatic rings. The molecule has 0 aliphatic carbocycles. The minimum absolute atomic E-state index is 0.415. The highest BCUT2D eigenvalue weighted by Crippen LogP contribution is 2.05. The van der Waals surface area contributed by atoms with Gasteiger partial charge >= 0.3 is 5.97 Å². The minimum atomic E-state index is -1.39. The van der Waals surface area contributed by atoms with E-state index in [0.29, 0.717) is 5.57 Å². The summed E-state index contributed by atoms with van der Waals surface area (Å²) >= 11 is 0. The van der Waals surface area contributed by atoms with E-state index in [0.717, 1.165) is 19.4 Å². The molecule has 0 atom stereocenters. The summed E-state index contributed by atoms with van der Waals surface area (Å²) in [7, 11) is -1.39. The zero-order valence-electron chi connectivity index (χ0n) is 9.46. The molecule has 0 bridgehead atoms.